The number of nitrogens with zero attached hydrogens (tertiary/aromatic N) is 1. The second-order valence-electron chi connectivity index (χ2n) is 5.69. The number of para-hydroxylation sites is 1. The molecular formula is C19H17N3O2S2. The quantitative estimate of drug-likeness (QED) is 0.623. The maximum Gasteiger partial charge on any atom is 0.250 e. The maximum absolute atomic E-state index is 12.1. The predicted molar refractivity (Wildman–Crippen MR) is 107 cm³/mol. The monoisotopic (exact) mass is 383 g/mol. The van der Waals surface area contributed by atoms with Crippen LogP contribution < -0.4 is 15.4 Å². The lowest BCUT2D eigenvalue weighted by molar-refractivity contribution is -0.115. The number of ether oxygens (including phenoxy) is 1. The molecule has 0 radical (unpaired) electrons. The Bertz CT molecular complexity index is 925. The molecule has 26 heavy (non-hydrogen) atoms. The molecule has 2 aromatic rings. The van der Waals surface area contributed by atoms with E-state index in [0.717, 1.165) is 30.4 Å². The number of aryl methyl sites for hydroxylation is 1. The number of nitriles is 1. The fourth-order valence-corrected chi connectivity index (χ4v) is 4.38. The number of anilines is 1. The van der Waals surface area contributed by atoms with Gasteiger partial charge in [-0.2, -0.15) is 5.26 Å². The van der Waals surface area contributed by atoms with Gasteiger partial charge >= 0.3 is 0 Å². The van der Waals surface area contributed by atoms with Crippen molar-refractivity contribution in [3.63, 3.8) is 0 Å². The molecule has 1 aromatic carbocycles. The minimum atomic E-state index is -0.351. The predicted octanol–water partition coefficient (Wildman–Crippen LogP) is 3.64. The van der Waals surface area contributed by atoms with Crippen molar-refractivity contribution in [2.24, 2.45) is 0 Å². The first-order chi connectivity index (χ1) is 12.6. The van der Waals surface area contributed by atoms with Crippen molar-refractivity contribution in [1.82, 2.24) is 5.32 Å². The molecule has 7 heteroatoms. The lowest BCUT2D eigenvalue weighted by Gasteiger charge is -2.07. The molecule has 0 bridgehead atoms. The summed E-state index contributed by atoms with van der Waals surface area (Å²) in [5, 5.41) is 15.9. The van der Waals surface area contributed by atoms with Gasteiger partial charge in [0.15, 0.2) is 5.11 Å². The van der Waals surface area contributed by atoms with E-state index in [1.165, 1.54) is 22.3 Å². The third-order valence-corrected chi connectivity index (χ3v) is 5.46. The van der Waals surface area contributed by atoms with Crippen LogP contribution in [0.2, 0.25) is 0 Å². The van der Waals surface area contributed by atoms with E-state index >= 15 is 0 Å². The second kappa shape index (κ2) is 8.13. The summed E-state index contributed by atoms with van der Waals surface area (Å²) in [5.41, 5.74) is 2.55. The van der Waals surface area contributed by atoms with E-state index in [2.05, 4.69) is 16.7 Å². The van der Waals surface area contributed by atoms with Crippen LogP contribution >= 0.6 is 23.6 Å². The van der Waals surface area contributed by atoms with Gasteiger partial charge in [-0.15, -0.1) is 11.3 Å². The number of hydrogen-bond acceptors (Lipinski definition) is 5. The molecule has 1 amide bonds. The molecule has 2 N–H and O–H groups in total. The number of nitrogens with one attached hydrogen (secondary N) is 2. The Labute approximate surface area is 161 Å². The standard InChI is InChI=1S/C19H17N3O2S2/c1-24-15-7-3-2-5-12(15)9-10-17(23)21-19(25)22-18-14(11-20)13-6-4-8-16(13)26-18/h2-3,5,7,9-10H,4,6,8H2,1H3,(H2,21,22,23,25). The first kappa shape index (κ1) is 18.1. The van der Waals surface area contributed by atoms with E-state index in [0.29, 0.717) is 16.3 Å². The molecule has 0 unspecified atom stereocenters. The summed E-state index contributed by atoms with van der Waals surface area (Å²) >= 11 is 6.74. The van der Waals surface area contributed by atoms with E-state index < -0.39 is 0 Å². The highest BCUT2D eigenvalue weighted by atomic mass is 32.1. The number of rotatable bonds is 4. The molecule has 5 nitrogen and oxygen atoms in total. The van der Waals surface area contributed by atoms with Crippen LogP contribution in [0.1, 0.15) is 28.0 Å². The Morgan fingerprint density at radius 2 is 2.19 bits per heavy atom. The normalized spacial score (nSPS) is 12.5. The van der Waals surface area contributed by atoms with Crippen molar-refractivity contribution < 1.29 is 9.53 Å². The van der Waals surface area contributed by atoms with Crippen molar-refractivity contribution in [1.29, 1.82) is 5.26 Å². The Kier molecular flexibility index (Phi) is 5.66. The Morgan fingerprint density at radius 1 is 1.38 bits per heavy atom. The number of benzene rings is 1. The van der Waals surface area contributed by atoms with Gasteiger partial charge in [-0.05, 0) is 49.2 Å². The summed E-state index contributed by atoms with van der Waals surface area (Å²) in [4.78, 5) is 13.3. The average Bonchev–Trinajstić information content (AvgIpc) is 3.20. The van der Waals surface area contributed by atoms with Crippen LogP contribution in [0.5, 0.6) is 5.75 Å². The van der Waals surface area contributed by atoms with Crippen molar-refractivity contribution in [2.45, 2.75) is 19.3 Å². The fraction of sp³-hybridized carbons (Fsp3) is 0.211. The van der Waals surface area contributed by atoms with E-state index in [9.17, 15) is 10.1 Å². The van der Waals surface area contributed by atoms with Gasteiger partial charge in [-0.25, -0.2) is 0 Å². The van der Waals surface area contributed by atoms with Gasteiger partial charge in [-0.1, -0.05) is 18.2 Å². The maximum atomic E-state index is 12.1. The molecule has 0 spiro atoms. The molecule has 1 aliphatic carbocycles. The van der Waals surface area contributed by atoms with Crippen molar-refractivity contribution >= 4 is 45.7 Å². The van der Waals surface area contributed by atoms with Gasteiger partial charge in [0.2, 0.25) is 5.91 Å². The largest absolute Gasteiger partial charge is 0.496 e. The number of hydrogen-bond donors (Lipinski definition) is 2. The topological polar surface area (TPSA) is 74.2 Å². The Balaban J connectivity index is 1.63. The smallest absolute Gasteiger partial charge is 0.250 e. The summed E-state index contributed by atoms with van der Waals surface area (Å²) in [6.45, 7) is 0. The summed E-state index contributed by atoms with van der Waals surface area (Å²) < 4.78 is 5.24. The zero-order valence-electron chi connectivity index (χ0n) is 14.2. The fourth-order valence-electron chi connectivity index (χ4n) is 2.87. The Hall–Kier alpha value is -2.69. The van der Waals surface area contributed by atoms with Crippen LogP contribution in [0.3, 0.4) is 0 Å². The molecular weight excluding hydrogens is 366 g/mol. The molecule has 1 heterocycles. The molecule has 3 rings (SSSR count). The van der Waals surface area contributed by atoms with Gasteiger partial charge in [-0.3, -0.25) is 10.1 Å². The molecule has 1 aliphatic rings. The SMILES string of the molecule is COc1ccccc1C=CC(=O)NC(=S)Nc1sc2c(c1C#N)CCC2. The van der Waals surface area contributed by atoms with Gasteiger partial charge in [0.05, 0.1) is 12.7 Å². The highest BCUT2D eigenvalue weighted by Crippen LogP contribution is 2.38. The Morgan fingerprint density at radius 3 is 2.96 bits per heavy atom. The number of thiophene rings is 1. The molecule has 0 fully saturated rings. The number of carbonyl (C=O) groups is 1. The second-order valence-corrected chi connectivity index (χ2v) is 7.21. The minimum absolute atomic E-state index is 0.177. The summed E-state index contributed by atoms with van der Waals surface area (Å²) in [6.07, 6.45) is 6.07. The molecule has 0 saturated carbocycles. The summed E-state index contributed by atoms with van der Waals surface area (Å²) in [6, 6.07) is 9.65. The third kappa shape index (κ3) is 3.93. The van der Waals surface area contributed by atoms with Crippen LogP contribution in [-0.4, -0.2) is 18.1 Å². The molecule has 0 aliphatic heterocycles. The van der Waals surface area contributed by atoms with E-state index in [1.807, 2.05) is 24.3 Å². The van der Waals surface area contributed by atoms with Crippen LogP contribution in [-0.2, 0) is 17.6 Å². The van der Waals surface area contributed by atoms with Crippen molar-refractivity contribution in [3.8, 4) is 11.8 Å². The lowest BCUT2D eigenvalue weighted by Crippen LogP contribution is -2.32. The molecule has 1 aromatic heterocycles. The van der Waals surface area contributed by atoms with Crippen molar-refractivity contribution in [3.05, 3.63) is 51.9 Å². The summed E-state index contributed by atoms with van der Waals surface area (Å²) in [7, 11) is 1.58. The van der Waals surface area contributed by atoms with E-state index in [4.69, 9.17) is 17.0 Å². The lowest BCUT2D eigenvalue weighted by atomic mass is 10.1. The van der Waals surface area contributed by atoms with Crippen LogP contribution in [0.4, 0.5) is 5.00 Å². The van der Waals surface area contributed by atoms with E-state index in [1.54, 1.807) is 13.2 Å². The number of fused-ring (bicyclic) bond motifs is 1. The van der Waals surface area contributed by atoms with E-state index in [-0.39, 0.29) is 11.0 Å². The van der Waals surface area contributed by atoms with Crippen LogP contribution in [0.25, 0.3) is 6.08 Å². The highest BCUT2D eigenvalue weighted by molar-refractivity contribution is 7.80. The van der Waals surface area contributed by atoms with Gasteiger partial charge < -0.3 is 10.1 Å². The van der Waals surface area contributed by atoms with Gasteiger partial charge in [0, 0.05) is 16.5 Å². The van der Waals surface area contributed by atoms with Gasteiger partial charge in [0.25, 0.3) is 0 Å². The van der Waals surface area contributed by atoms with Crippen molar-refractivity contribution in [2.75, 3.05) is 12.4 Å². The zero-order chi connectivity index (χ0) is 18.5. The molecule has 132 valence electrons. The first-order valence-corrected chi connectivity index (χ1v) is 9.32. The molecule has 0 saturated heterocycles. The number of methoxy groups -OCH3 is 1. The number of thiocarbonyl (C=S) groups is 1. The number of carbonyl (C=O) groups excluding carboxylic acids is 1. The third-order valence-electron chi connectivity index (χ3n) is 4.05. The zero-order valence-corrected chi connectivity index (χ0v) is 15.8. The van der Waals surface area contributed by atoms with Gasteiger partial charge in [0.1, 0.15) is 16.8 Å². The highest BCUT2D eigenvalue weighted by Gasteiger charge is 2.22. The molecule has 0 atom stereocenters. The summed E-state index contributed by atoms with van der Waals surface area (Å²) in [5.74, 6) is 0.333. The first-order valence-electron chi connectivity index (χ1n) is 8.10. The van der Waals surface area contributed by atoms with Crippen LogP contribution in [0, 0.1) is 11.3 Å². The van der Waals surface area contributed by atoms with Crippen LogP contribution in [0.15, 0.2) is 30.3 Å². The number of amides is 1. The average molecular weight is 383 g/mol. The minimum Gasteiger partial charge on any atom is -0.496 e.